The lowest BCUT2D eigenvalue weighted by Gasteiger charge is -2.00. The highest BCUT2D eigenvalue weighted by molar-refractivity contribution is 7.16. The summed E-state index contributed by atoms with van der Waals surface area (Å²) in [6.45, 7) is 1.91. The van der Waals surface area contributed by atoms with E-state index in [0.29, 0.717) is 17.0 Å². The average Bonchev–Trinajstić information content (AvgIpc) is 2.90. The number of thiophene rings is 1. The molecule has 0 unspecified atom stereocenters. The summed E-state index contributed by atoms with van der Waals surface area (Å²) in [7, 11) is 0. The van der Waals surface area contributed by atoms with Crippen LogP contribution in [-0.4, -0.2) is 17.0 Å². The first-order valence-electron chi connectivity index (χ1n) is 6.60. The SMILES string of the molecule is CCc1cc(C(=O)O)c(NC(=O)/C=C/c2ccc(F)cc2)s1. The first-order chi connectivity index (χ1) is 10.5. The van der Waals surface area contributed by atoms with Gasteiger partial charge in [-0.1, -0.05) is 19.1 Å². The molecule has 0 spiro atoms. The zero-order valence-corrected chi connectivity index (χ0v) is 12.6. The van der Waals surface area contributed by atoms with E-state index in [1.807, 2.05) is 6.92 Å². The second kappa shape index (κ2) is 7.00. The third-order valence-electron chi connectivity index (χ3n) is 2.90. The van der Waals surface area contributed by atoms with E-state index in [-0.39, 0.29) is 11.4 Å². The molecule has 114 valence electrons. The van der Waals surface area contributed by atoms with Crippen LogP contribution in [0.15, 0.2) is 36.4 Å². The maximum absolute atomic E-state index is 12.8. The number of halogens is 1. The molecule has 1 aromatic heterocycles. The van der Waals surface area contributed by atoms with Crippen molar-refractivity contribution in [1.82, 2.24) is 0 Å². The van der Waals surface area contributed by atoms with Crippen molar-refractivity contribution < 1.29 is 19.1 Å². The van der Waals surface area contributed by atoms with Crippen molar-refractivity contribution in [3.05, 3.63) is 58.2 Å². The number of aryl methyl sites for hydroxylation is 1. The molecule has 0 atom stereocenters. The molecule has 2 N–H and O–H groups in total. The van der Waals surface area contributed by atoms with Crippen molar-refractivity contribution in [2.24, 2.45) is 0 Å². The quantitative estimate of drug-likeness (QED) is 0.824. The van der Waals surface area contributed by atoms with Crippen molar-refractivity contribution in [2.75, 3.05) is 5.32 Å². The number of amides is 1. The van der Waals surface area contributed by atoms with E-state index in [4.69, 9.17) is 5.11 Å². The van der Waals surface area contributed by atoms with E-state index < -0.39 is 11.9 Å². The summed E-state index contributed by atoms with van der Waals surface area (Å²) < 4.78 is 12.8. The summed E-state index contributed by atoms with van der Waals surface area (Å²) >= 11 is 1.24. The Morgan fingerprint density at radius 2 is 2.00 bits per heavy atom. The Bertz CT molecular complexity index is 719. The summed E-state index contributed by atoms with van der Waals surface area (Å²) in [4.78, 5) is 23.9. The molecule has 2 rings (SSSR count). The topological polar surface area (TPSA) is 66.4 Å². The molecule has 0 radical (unpaired) electrons. The van der Waals surface area contributed by atoms with Gasteiger partial charge in [0.25, 0.3) is 0 Å². The van der Waals surface area contributed by atoms with Gasteiger partial charge in [-0.15, -0.1) is 11.3 Å². The molecule has 0 bridgehead atoms. The number of carbonyl (C=O) groups is 2. The number of rotatable bonds is 5. The van der Waals surface area contributed by atoms with Crippen molar-refractivity contribution in [2.45, 2.75) is 13.3 Å². The van der Waals surface area contributed by atoms with Gasteiger partial charge in [0.05, 0.1) is 5.56 Å². The largest absolute Gasteiger partial charge is 0.478 e. The number of carboxylic acid groups (broad SMARTS) is 1. The molecule has 0 saturated heterocycles. The smallest absolute Gasteiger partial charge is 0.338 e. The van der Waals surface area contributed by atoms with Gasteiger partial charge in [-0.2, -0.15) is 0 Å². The fourth-order valence-electron chi connectivity index (χ4n) is 1.77. The van der Waals surface area contributed by atoms with Gasteiger partial charge in [0.1, 0.15) is 10.8 Å². The van der Waals surface area contributed by atoms with Crippen LogP contribution in [0.5, 0.6) is 0 Å². The van der Waals surface area contributed by atoms with Crippen LogP contribution < -0.4 is 5.32 Å². The van der Waals surface area contributed by atoms with E-state index in [0.717, 1.165) is 4.88 Å². The summed E-state index contributed by atoms with van der Waals surface area (Å²) in [5, 5.41) is 12.0. The van der Waals surface area contributed by atoms with Gasteiger partial charge in [0.15, 0.2) is 0 Å². The molecule has 1 heterocycles. The number of aromatic carboxylic acids is 1. The molecule has 0 saturated carbocycles. The molecule has 2 aromatic rings. The Hall–Kier alpha value is -2.47. The fraction of sp³-hybridized carbons (Fsp3) is 0.125. The van der Waals surface area contributed by atoms with Gasteiger partial charge in [-0.05, 0) is 36.3 Å². The van der Waals surface area contributed by atoms with Gasteiger partial charge in [0.2, 0.25) is 5.91 Å². The maximum Gasteiger partial charge on any atom is 0.338 e. The lowest BCUT2D eigenvalue weighted by Crippen LogP contribution is -2.09. The summed E-state index contributed by atoms with van der Waals surface area (Å²) in [6.07, 6.45) is 3.51. The normalized spacial score (nSPS) is 10.8. The van der Waals surface area contributed by atoms with Crippen LogP contribution in [0.4, 0.5) is 9.39 Å². The summed E-state index contributed by atoms with van der Waals surface area (Å²) in [5.74, 6) is -1.86. The van der Waals surface area contributed by atoms with Gasteiger partial charge in [-0.25, -0.2) is 9.18 Å². The molecular formula is C16H14FNO3S. The predicted molar refractivity (Wildman–Crippen MR) is 84.7 cm³/mol. The third kappa shape index (κ3) is 4.02. The van der Waals surface area contributed by atoms with Crippen LogP contribution in [0.25, 0.3) is 6.08 Å². The molecule has 1 amide bonds. The molecule has 6 heteroatoms. The van der Waals surface area contributed by atoms with Gasteiger partial charge >= 0.3 is 5.97 Å². The minimum Gasteiger partial charge on any atom is -0.478 e. The molecule has 0 aliphatic heterocycles. The van der Waals surface area contributed by atoms with Crippen LogP contribution in [0.1, 0.15) is 27.7 Å². The molecule has 0 aliphatic carbocycles. The van der Waals surface area contributed by atoms with Crippen molar-refractivity contribution in [3.8, 4) is 0 Å². The predicted octanol–water partition coefficient (Wildman–Crippen LogP) is 3.80. The van der Waals surface area contributed by atoms with Crippen LogP contribution in [0, 0.1) is 5.82 Å². The number of benzene rings is 1. The van der Waals surface area contributed by atoms with E-state index in [1.165, 1.54) is 35.6 Å². The third-order valence-corrected chi connectivity index (χ3v) is 4.09. The Labute approximate surface area is 130 Å². The van der Waals surface area contributed by atoms with Crippen molar-refractivity contribution in [1.29, 1.82) is 0 Å². The Balaban J connectivity index is 2.10. The number of nitrogens with one attached hydrogen (secondary N) is 1. The molecule has 0 fully saturated rings. The van der Waals surface area contributed by atoms with E-state index in [9.17, 15) is 14.0 Å². The summed E-state index contributed by atoms with van der Waals surface area (Å²) in [5.41, 5.74) is 0.765. The molecule has 1 aromatic carbocycles. The van der Waals surface area contributed by atoms with Crippen molar-refractivity contribution in [3.63, 3.8) is 0 Å². The molecule has 0 aliphatic rings. The zero-order chi connectivity index (χ0) is 16.1. The van der Waals surface area contributed by atoms with Crippen LogP contribution >= 0.6 is 11.3 Å². The lowest BCUT2D eigenvalue weighted by atomic mass is 10.2. The first-order valence-corrected chi connectivity index (χ1v) is 7.42. The number of carbonyl (C=O) groups excluding carboxylic acids is 1. The van der Waals surface area contributed by atoms with E-state index >= 15 is 0 Å². The van der Waals surface area contributed by atoms with Gasteiger partial charge < -0.3 is 10.4 Å². The minimum absolute atomic E-state index is 0.0883. The number of hydrogen-bond acceptors (Lipinski definition) is 3. The monoisotopic (exact) mass is 319 g/mol. The Morgan fingerprint density at radius 3 is 2.59 bits per heavy atom. The molecule has 4 nitrogen and oxygen atoms in total. The second-order valence-electron chi connectivity index (χ2n) is 4.49. The fourth-order valence-corrected chi connectivity index (χ4v) is 2.76. The summed E-state index contributed by atoms with van der Waals surface area (Å²) in [6, 6.07) is 7.25. The maximum atomic E-state index is 12.8. The van der Waals surface area contributed by atoms with Crippen molar-refractivity contribution >= 4 is 34.3 Å². The average molecular weight is 319 g/mol. The number of anilines is 1. The second-order valence-corrected chi connectivity index (χ2v) is 5.63. The highest BCUT2D eigenvalue weighted by Crippen LogP contribution is 2.28. The highest BCUT2D eigenvalue weighted by Gasteiger charge is 2.15. The Kier molecular flexibility index (Phi) is 5.06. The number of carboxylic acids is 1. The molecule has 22 heavy (non-hydrogen) atoms. The Morgan fingerprint density at radius 1 is 1.32 bits per heavy atom. The van der Waals surface area contributed by atoms with Gasteiger partial charge in [0, 0.05) is 11.0 Å². The zero-order valence-electron chi connectivity index (χ0n) is 11.8. The van der Waals surface area contributed by atoms with Gasteiger partial charge in [-0.3, -0.25) is 4.79 Å². The van der Waals surface area contributed by atoms with E-state index in [2.05, 4.69) is 5.32 Å². The molecular weight excluding hydrogens is 305 g/mol. The highest BCUT2D eigenvalue weighted by atomic mass is 32.1. The minimum atomic E-state index is -1.08. The lowest BCUT2D eigenvalue weighted by molar-refractivity contribution is -0.111. The van der Waals surface area contributed by atoms with E-state index in [1.54, 1.807) is 18.2 Å². The van der Waals surface area contributed by atoms with Crippen LogP contribution in [0.3, 0.4) is 0 Å². The van der Waals surface area contributed by atoms with Crippen LogP contribution in [-0.2, 0) is 11.2 Å². The standard InChI is InChI=1S/C16H14FNO3S/c1-2-12-9-13(16(20)21)15(22-12)18-14(19)8-5-10-3-6-11(17)7-4-10/h3-9H,2H2,1H3,(H,18,19)(H,20,21)/b8-5+. The first kappa shape index (κ1) is 15.9. The van der Waals surface area contributed by atoms with Crippen LogP contribution in [0.2, 0.25) is 0 Å². The number of hydrogen-bond donors (Lipinski definition) is 2.